The third kappa shape index (κ3) is 5.99. The van der Waals surface area contributed by atoms with Crippen LogP contribution < -0.4 is 14.4 Å². The van der Waals surface area contributed by atoms with Gasteiger partial charge in [0.05, 0.1) is 24.2 Å². The van der Waals surface area contributed by atoms with Crippen molar-refractivity contribution in [1.82, 2.24) is 4.90 Å². The van der Waals surface area contributed by atoms with Crippen LogP contribution >= 0.6 is 0 Å². The summed E-state index contributed by atoms with van der Waals surface area (Å²) in [5.74, 6) is -0.209. The lowest BCUT2D eigenvalue weighted by Gasteiger charge is -2.21. The van der Waals surface area contributed by atoms with Crippen molar-refractivity contribution in [3.05, 3.63) is 83.4 Å². The summed E-state index contributed by atoms with van der Waals surface area (Å²) >= 11 is 0. The number of nitrogens with zero attached hydrogens (tertiary/aromatic N) is 2. The second kappa shape index (κ2) is 10.6. The molecular formula is C26H29N3O5S. The molecule has 1 N–H and O–H groups in total. The summed E-state index contributed by atoms with van der Waals surface area (Å²) in [5, 5.41) is 2.82. The zero-order chi connectivity index (χ0) is 25.8. The van der Waals surface area contributed by atoms with Gasteiger partial charge in [-0.2, -0.15) is 0 Å². The molecule has 184 valence electrons. The van der Waals surface area contributed by atoms with E-state index in [1.54, 1.807) is 24.3 Å². The van der Waals surface area contributed by atoms with Gasteiger partial charge in [-0.05, 0) is 73.5 Å². The van der Waals surface area contributed by atoms with E-state index < -0.39 is 15.9 Å². The van der Waals surface area contributed by atoms with Crippen LogP contribution in [-0.4, -0.2) is 52.9 Å². The topological polar surface area (TPSA) is 96.0 Å². The van der Waals surface area contributed by atoms with Crippen molar-refractivity contribution < 1.29 is 22.7 Å². The standard InChI is InChI=1S/C26H29N3O5S/c1-18-9-10-19(2)24(15-18)27-25(30)17-28(3)26(31)20-7-6-8-23(16-20)35(32,33)29(4)21-11-13-22(34-5)14-12-21/h6-16H,17H2,1-5H3,(H,27,30). The third-order valence-electron chi connectivity index (χ3n) is 5.57. The summed E-state index contributed by atoms with van der Waals surface area (Å²) in [6.07, 6.45) is 0. The van der Waals surface area contributed by atoms with Gasteiger partial charge in [0.1, 0.15) is 5.75 Å². The number of carbonyl (C=O) groups excluding carboxylic acids is 2. The Labute approximate surface area is 206 Å². The summed E-state index contributed by atoms with van der Waals surface area (Å²) in [6.45, 7) is 3.63. The number of benzene rings is 3. The van der Waals surface area contributed by atoms with E-state index in [1.165, 1.54) is 50.4 Å². The molecule has 0 atom stereocenters. The zero-order valence-electron chi connectivity index (χ0n) is 20.4. The Balaban J connectivity index is 1.74. The monoisotopic (exact) mass is 495 g/mol. The number of likely N-dealkylation sites (N-methyl/N-ethyl adjacent to an activating group) is 1. The maximum atomic E-state index is 13.2. The van der Waals surface area contributed by atoms with Gasteiger partial charge in [-0.1, -0.05) is 18.2 Å². The second-order valence-electron chi connectivity index (χ2n) is 8.23. The number of methoxy groups -OCH3 is 1. The molecular weight excluding hydrogens is 466 g/mol. The van der Waals surface area contributed by atoms with Gasteiger partial charge in [0.2, 0.25) is 5.91 Å². The minimum atomic E-state index is -3.92. The largest absolute Gasteiger partial charge is 0.497 e. The number of ether oxygens (including phenoxy) is 1. The van der Waals surface area contributed by atoms with Crippen LogP contribution in [0.25, 0.3) is 0 Å². The quantitative estimate of drug-likeness (QED) is 0.512. The van der Waals surface area contributed by atoms with E-state index in [-0.39, 0.29) is 22.9 Å². The maximum Gasteiger partial charge on any atom is 0.264 e. The van der Waals surface area contributed by atoms with Crippen molar-refractivity contribution in [3.63, 3.8) is 0 Å². The number of aryl methyl sites for hydroxylation is 2. The molecule has 3 aromatic carbocycles. The van der Waals surface area contributed by atoms with Crippen molar-refractivity contribution in [2.75, 3.05) is 37.4 Å². The molecule has 35 heavy (non-hydrogen) atoms. The number of carbonyl (C=O) groups is 2. The van der Waals surface area contributed by atoms with Gasteiger partial charge in [-0.15, -0.1) is 0 Å². The smallest absolute Gasteiger partial charge is 0.264 e. The Morgan fingerprint density at radius 2 is 1.63 bits per heavy atom. The maximum absolute atomic E-state index is 13.2. The number of rotatable bonds is 8. The predicted octanol–water partition coefficient (Wildman–Crippen LogP) is 3.85. The third-order valence-corrected chi connectivity index (χ3v) is 7.35. The van der Waals surface area contributed by atoms with E-state index in [1.807, 2.05) is 32.0 Å². The summed E-state index contributed by atoms with van der Waals surface area (Å²) in [4.78, 5) is 26.7. The Morgan fingerprint density at radius 1 is 0.943 bits per heavy atom. The molecule has 0 saturated carbocycles. The van der Waals surface area contributed by atoms with Gasteiger partial charge >= 0.3 is 0 Å². The summed E-state index contributed by atoms with van der Waals surface area (Å²) < 4.78 is 32.6. The van der Waals surface area contributed by atoms with E-state index in [0.717, 1.165) is 15.4 Å². The fourth-order valence-electron chi connectivity index (χ4n) is 3.45. The van der Waals surface area contributed by atoms with Gasteiger partial charge in [-0.3, -0.25) is 13.9 Å². The van der Waals surface area contributed by atoms with Gasteiger partial charge in [0, 0.05) is 25.3 Å². The lowest BCUT2D eigenvalue weighted by Crippen LogP contribution is -2.35. The molecule has 2 amide bonds. The van der Waals surface area contributed by atoms with E-state index >= 15 is 0 Å². The minimum Gasteiger partial charge on any atom is -0.497 e. The average Bonchev–Trinajstić information content (AvgIpc) is 2.85. The normalized spacial score (nSPS) is 11.0. The average molecular weight is 496 g/mol. The van der Waals surface area contributed by atoms with Crippen molar-refractivity contribution in [2.24, 2.45) is 0 Å². The molecule has 3 rings (SSSR count). The number of anilines is 2. The zero-order valence-corrected chi connectivity index (χ0v) is 21.2. The first kappa shape index (κ1) is 25.8. The number of hydrogen-bond donors (Lipinski definition) is 1. The molecule has 0 aliphatic rings. The molecule has 0 saturated heterocycles. The van der Waals surface area contributed by atoms with E-state index in [4.69, 9.17) is 4.74 Å². The fourth-order valence-corrected chi connectivity index (χ4v) is 4.69. The van der Waals surface area contributed by atoms with Crippen LogP contribution in [0.4, 0.5) is 11.4 Å². The molecule has 8 nitrogen and oxygen atoms in total. The molecule has 9 heteroatoms. The first-order chi connectivity index (χ1) is 16.5. The van der Waals surface area contributed by atoms with Crippen LogP contribution in [0, 0.1) is 13.8 Å². The Bertz CT molecular complexity index is 1340. The molecule has 0 spiro atoms. The second-order valence-corrected chi connectivity index (χ2v) is 10.2. The van der Waals surface area contributed by atoms with E-state index in [0.29, 0.717) is 17.1 Å². The summed E-state index contributed by atoms with van der Waals surface area (Å²) in [5.41, 5.74) is 3.22. The van der Waals surface area contributed by atoms with Crippen LogP contribution in [0.2, 0.25) is 0 Å². The summed E-state index contributed by atoms with van der Waals surface area (Å²) in [7, 11) is 0.542. The van der Waals surface area contributed by atoms with Crippen molar-refractivity contribution in [1.29, 1.82) is 0 Å². The molecule has 0 unspecified atom stereocenters. The number of nitrogens with one attached hydrogen (secondary N) is 1. The lowest BCUT2D eigenvalue weighted by molar-refractivity contribution is -0.116. The van der Waals surface area contributed by atoms with Gasteiger partial charge in [-0.25, -0.2) is 8.42 Å². The van der Waals surface area contributed by atoms with Gasteiger partial charge < -0.3 is 15.0 Å². The minimum absolute atomic E-state index is 0.0325. The molecule has 0 aliphatic heterocycles. The van der Waals surface area contributed by atoms with Crippen LogP contribution in [0.3, 0.4) is 0 Å². The molecule has 0 heterocycles. The summed E-state index contributed by atoms with van der Waals surface area (Å²) in [6, 6.07) is 18.1. The molecule has 0 aliphatic carbocycles. The van der Waals surface area contributed by atoms with E-state index in [2.05, 4.69) is 5.32 Å². The SMILES string of the molecule is COc1ccc(N(C)S(=O)(=O)c2cccc(C(=O)N(C)CC(=O)Nc3cc(C)ccc3C)c2)cc1. The Hall–Kier alpha value is -3.85. The van der Waals surface area contributed by atoms with Crippen LogP contribution in [-0.2, 0) is 14.8 Å². The number of amides is 2. The number of sulfonamides is 1. The van der Waals surface area contributed by atoms with Crippen molar-refractivity contribution >= 4 is 33.2 Å². The molecule has 0 radical (unpaired) electrons. The van der Waals surface area contributed by atoms with Gasteiger partial charge in [0.15, 0.2) is 0 Å². The fraction of sp³-hybridized carbons (Fsp3) is 0.231. The van der Waals surface area contributed by atoms with Crippen molar-refractivity contribution in [3.8, 4) is 5.75 Å². The van der Waals surface area contributed by atoms with E-state index in [9.17, 15) is 18.0 Å². The highest BCUT2D eigenvalue weighted by Crippen LogP contribution is 2.25. The molecule has 0 bridgehead atoms. The van der Waals surface area contributed by atoms with Crippen LogP contribution in [0.5, 0.6) is 5.75 Å². The first-order valence-corrected chi connectivity index (χ1v) is 12.3. The highest BCUT2D eigenvalue weighted by molar-refractivity contribution is 7.92. The Kier molecular flexibility index (Phi) is 7.81. The van der Waals surface area contributed by atoms with Crippen molar-refractivity contribution in [2.45, 2.75) is 18.7 Å². The molecule has 0 aromatic heterocycles. The Morgan fingerprint density at radius 3 is 2.29 bits per heavy atom. The van der Waals surface area contributed by atoms with Gasteiger partial charge in [0.25, 0.3) is 15.9 Å². The molecule has 3 aromatic rings. The molecule has 0 fully saturated rings. The van der Waals surface area contributed by atoms with Crippen LogP contribution in [0.1, 0.15) is 21.5 Å². The predicted molar refractivity (Wildman–Crippen MR) is 137 cm³/mol. The highest BCUT2D eigenvalue weighted by atomic mass is 32.2. The highest BCUT2D eigenvalue weighted by Gasteiger charge is 2.24. The van der Waals surface area contributed by atoms with Crippen LogP contribution in [0.15, 0.2) is 71.6 Å². The first-order valence-electron chi connectivity index (χ1n) is 10.9. The lowest BCUT2D eigenvalue weighted by atomic mass is 10.1. The number of hydrogen-bond acceptors (Lipinski definition) is 5.